The number of ether oxygens (including phenoxy) is 1. The predicted octanol–water partition coefficient (Wildman–Crippen LogP) is 2.90. The molecule has 0 bridgehead atoms. The van der Waals surface area contributed by atoms with Gasteiger partial charge in [-0.25, -0.2) is 4.79 Å². The maximum absolute atomic E-state index is 12.1. The van der Waals surface area contributed by atoms with Crippen LogP contribution in [0.25, 0.3) is 0 Å². The molecule has 2 atom stereocenters. The van der Waals surface area contributed by atoms with Gasteiger partial charge in [0.05, 0.1) is 17.9 Å². The molecule has 2 aliphatic heterocycles. The van der Waals surface area contributed by atoms with Crippen LogP contribution in [0.1, 0.15) is 20.8 Å². The summed E-state index contributed by atoms with van der Waals surface area (Å²) in [7, 11) is 0. The minimum absolute atomic E-state index is 0.196. The van der Waals surface area contributed by atoms with Crippen molar-refractivity contribution in [3.05, 3.63) is 22.9 Å². The van der Waals surface area contributed by atoms with Crippen molar-refractivity contribution in [3.63, 3.8) is 0 Å². The van der Waals surface area contributed by atoms with Crippen molar-refractivity contribution in [2.45, 2.75) is 32.4 Å². The summed E-state index contributed by atoms with van der Waals surface area (Å²) >= 11 is 3.45. The third-order valence-electron chi connectivity index (χ3n) is 3.92. The van der Waals surface area contributed by atoms with Crippen molar-refractivity contribution < 1.29 is 9.53 Å². The Labute approximate surface area is 133 Å². The molecule has 114 valence electrons. The number of hydrogen-bond donors (Lipinski definition) is 0. The summed E-state index contributed by atoms with van der Waals surface area (Å²) in [5, 5.41) is 0. The molecule has 3 heterocycles. The standard InChI is InChI=1S/C15H20BrN3O2/c1-15(2,3)21-14(20)19-8-10-7-18(9-13(10)19)12-4-11(16)5-17-6-12/h4-6,10,13H,7-9H2,1-3H3/t10-,13-/m0/s1. The maximum atomic E-state index is 12.1. The molecule has 6 heteroatoms. The number of likely N-dealkylation sites (tertiary alicyclic amines) is 1. The SMILES string of the molecule is CC(C)(C)OC(=O)N1C[C@@H]2CN(c3cncc(Br)c3)C[C@@H]21. The Bertz CT molecular complexity index is 558. The number of pyridine rings is 1. The minimum atomic E-state index is -0.436. The van der Waals surface area contributed by atoms with E-state index < -0.39 is 5.60 Å². The highest BCUT2D eigenvalue weighted by Gasteiger charge is 2.49. The summed E-state index contributed by atoms with van der Waals surface area (Å²) in [5.74, 6) is 0.538. The number of rotatable bonds is 1. The highest BCUT2D eigenvalue weighted by molar-refractivity contribution is 9.10. The van der Waals surface area contributed by atoms with Crippen LogP contribution in [-0.2, 0) is 4.74 Å². The first-order chi connectivity index (χ1) is 9.83. The van der Waals surface area contributed by atoms with E-state index in [0.29, 0.717) is 5.92 Å². The molecule has 0 saturated carbocycles. The van der Waals surface area contributed by atoms with E-state index in [0.717, 1.165) is 29.8 Å². The van der Waals surface area contributed by atoms with Crippen molar-refractivity contribution >= 4 is 27.7 Å². The number of carbonyl (C=O) groups excluding carboxylic acids is 1. The molecule has 0 unspecified atom stereocenters. The lowest BCUT2D eigenvalue weighted by Crippen LogP contribution is -2.59. The second-order valence-electron chi connectivity index (χ2n) is 6.73. The van der Waals surface area contributed by atoms with Gasteiger partial charge in [0, 0.05) is 36.2 Å². The maximum Gasteiger partial charge on any atom is 0.410 e. The lowest BCUT2D eigenvalue weighted by atomic mass is 9.93. The fraction of sp³-hybridized carbons (Fsp3) is 0.600. The van der Waals surface area contributed by atoms with Gasteiger partial charge in [-0.3, -0.25) is 4.98 Å². The summed E-state index contributed by atoms with van der Waals surface area (Å²) in [6.07, 6.45) is 3.45. The average Bonchev–Trinajstić information content (AvgIpc) is 2.65. The Morgan fingerprint density at radius 1 is 1.33 bits per heavy atom. The first-order valence-corrected chi connectivity index (χ1v) is 7.98. The molecule has 1 aromatic rings. The van der Waals surface area contributed by atoms with Crippen molar-refractivity contribution in [2.75, 3.05) is 24.5 Å². The molecular formula is C15H20BrN3O2. The monoisotopic (exact) mass is 353 g/mol. The van der Waals surface area contributed by atoms with Crippen LogP contribution in [0.3, 0.4) is 0 Å². The van der Waals surface area contributed by atoms with E-state index >= 15 is 0 Å². The zero-order valence-corrected chi connectivity index (χ0v) is 14.1. The number of hydrogen-bond acceptors (Lipinski definition) is 4. The highest BCUT2D eigenvalue weighted by Crippen LogP contribution is 2.36. The van der Waals surface area contributed by atoms with E-state index in [1.807, 2.05) is 31.9 Å². The van der Waals surface area contributed by atoms with Gasteiger partial charge >= 0.3 is 6.09 Å². The van der Waals surface area contributed by atoms with Gasteiger partial charge in [0.2, 0.25) is 0 Å². The second kappa shape index (κ2) is 5.16. The van der Waals surface area contributed by atoms with Gasteiger partial charge in [0.1, 0.15) is 5.60 Å². The van der Waals surface area contributed by atoms with Crippen LogP contribution >= 0.6 is 15.9 Å². The smallest absolute Gasteiger partial charge is 0.410 e. The zero-order valence-electron chi connectivity index (χ0n) is 12.5. The van der Waals surface area contributed by atoms with Gasteiger partial charge in [-0.2, -0.15) is 0 Å². The summed E-state index contributed by atoms with van der Waals surface area (Å²) in [5.41, 5.74) is 0.664. The third-order valence-corrected chi connectivity index (χ3v) is 4.36. The number of carbonyl (C=O) groups is 1. The lowest BCUT2D eigenvalue weighted by molar-refractivity contribution is -0.0163. The predicted molar refractivity (Wildman–Crippen MR) is 84.4 cm³/mol. The van der Waals surface area contributed by atoms with Crippen LogP contribution in [0.15, 0.2) is 22.9 Å². The molecule has 1 aromatic heterocycles. The Hall–Kier alpha value is -1.30. The van der Waals surface area contributed by atoms with E-state index in [2.05, 4.69) is 31.9 Å². The minimum Gasteiger partial charge on any atom is -0.444 e. The lowest BCUT2D eigenvalue weighted by Gasteiger charge is -2.43. The largest absolute Gasteiger partial charge is 0.444 e. The first-order valence-electron chi connectivity index (χ1n) is 7.18. The molecule has 0 spiro atoms. The molecule has 0 aliphatic carbocycles. The highest BCUT2D eigenvalue weighted by atomic mass is 79.9. The summed E-state index contributed by atoms with van der Waals surface area (Å²) < 4.78 is 6.43. The van der Waals surface area contributed by atoms with E-state index in [9.17, 15) is 4.79 Å². The number of halogens is 1. The van der Waals surface area contributed by atoms with E-state index in [-0.39, 0.29) is 12.1 Å². The average molecular weight is 354 g/mol. The number of anilines is 1. The van der Waals surface area contributed by atoms with Gasteiger partial charge in [-0.05, 0) is 42.8 Å². The molecule has 0 N–H and O–H groups in total. The molecule has 5 nitrogen and oxygen atoms in total. The van der Waals surface area contributed by atoms with Gasteiger partial charge in [-0.15, -0.1) is 0 Å². The summed E-state index contributed by atoms with van der Waals surface area (Å²) in [6.45, 7) is 8.31. The van der Waals surface area contributed by atoms with Crippen molar-refractivity contribution in [1.29, 1.82) is 0 Å². The molecule has 1 amide bonds. The quantitative estimate of drug-likeness (QED) is 0.778. The van der Waals surface area contributed by atoms with Crippen LogP contribution in [0, 0.1) is 5.92 Å². The van der Waals surface area contributed by atoms with Crippen molar-refractivity contribution in [1.82, 2.24) is 9.88 Å². The van der Waals surface area contributed by atoms with Crippen LogP contribution in [0.2, 0.25) is 0 Å². The fourth-order valence-electron chi connectivity index (χ4n) is 2.95. The Morgan fingerprint density at radius 2 is 2.10 bits per heavy atom. The Kier molecular flexibility index (Phi) is 3.59. The zero-order chi connectivity index (χ0) is 15.2. The molecule has 3 rings (SSSR count). The molecule has 0 aromatic carbocycles. The number of aromatic nitrogens is 1. The molecule has 2 aliphatic rings. The molecule has 21 heavy (non-hydrogen) atoms. The number of nitrogens with zero attached hydrogens (tertiary/aromatic N) is 3. The Morgan fingerprint density at radius 3 is 2.76 bits per heavy atom. The van der Waals surface area contributed by atoms with Gasteiger partial charge in [0.25, 0.3) is 0 Å². The second-order valence-corrected chi connectivity index (χ2v) is 7.64. The van der Waals surface area contributed by atoms with Crippen LogP contribution < -0.4 is 4.90 Å². The fourth-order valence-corrected chi connectivity index (χ4v) is 3.30. The van der Waals surface area contributed by atoms with Crippen LogP contribution in [0.5, 0.6) is 0 Å². The third kappa shape index (κ3) is 3.00. The normalized spacial score (nSPS) is 24.6. The summed E-state index contributed by atoms with van der Waals surface area (Å²) in [4.78, 5) is 20.5. The van der Waals surface area contributed by atoms with Gasteiger partial charge in [-0.1, -0.05) is 0 Å². The van der Waals surface area contributed by atoms with Gasteiger partial charge in [0.15, 0.2) is 0 Å². The van der Waals surface area contributed by atoms with Crippen molar-refractivity contribution in [2.24, 2.45) is 5.92 Å². The summed E-state index contributed by atoms with van der Waals surface area (Å²) in [6, 6.07) is 2.33. The van der Waals surface area contributed by atoms with Crippen LogP contribution in [0.4, 0.5) is 10.5 Å². The molecule has 0 radical (unpaired) electrons. The van der Waals surface area contributed by atoms with E-state index in [1.165, 1.54) is 0 Å². The number of amides is 1. The van der Waals surface area contributed by atoms with E-state index in [4.69, 9.17) is 4.74 Å². The molecule has 2 fully saturated rings. The van der Waals surface area contributed by atoms with Crippen LogP contribution in [-0.4, -0.2) is 47.3 Å². The van der Waals surface area contributed by atoms with Gasteiger partial charge < -0.3 is 14.5 Å². The van der Waals surface area contributed by atoms with E-state index in [1.54, 1.807) is 6.20 Å². The van der Waals surface area contributed by atoms with Crippen molar-refractivity contribution in [3.8, 4) is 0 Å². The molecular weight excluding hydrogens is 334 g/mol. The first kappa shape index (κ1) is 14.6. The number of fused-ring (bicyclic) bond motifs is 1. The topological polar surface area (TPSA) is 45.7 Å². The molecule has 2 saturated heterocycles. The Balaban J connectivity index is 1.64.